The maximum absolute atomic E-state index is 13.6. The fourth-order valence-corrected chi connectivity index (χ4v) is 5.51. The van der Waals surface area contributed by atoms with Crippen LogP contribution in [0, 0.1) is 17.8 Å². The Bertz CT molecular complexity index is 1290. The van der Waals surface area contributed by atoms with E-state index in [0.717, 1.165) is 0 Å². The average Bonchev–Trinajstić information content (AvgIpc) is 3.28. The molecule has 0 saturated heterocycles. The average molecular weight is 452 g/mol. The van der Waals surface area contributed by atoms with E-state index in [9.17, 15) is 34.8 Å². The Labute approximate surface area is 186 Å². The van der Waals surface area contributed by atoms with Crippen molar-refractivity contribution >= 4 is 17.5 Å². The van der Waals surface area contributed by atoms with Crippen LogP contribution < -0.4 is 5.73 Å². The van der Waals surface area contributed by atoms with Crippen LogP contribution in [0.2, 0.25) is 0 Å². The summed E-state index contributed by atoms with van der Waals surface area (Å²) >= 11 is 0. The number of fused-ring (bicyclic) bond motifs is 3. The third kappa shape index (κ3) is 2.70. The highest BCUT2D eigenvalue weighted by Gasteiger charge is 2.56. The summed E-state index contributed by atoms with van der Waals surface area (Å²) in [7, 11) is 0. The highest BCUT2D eigenvalue weighted by Crippen LogP contribution is 2.54. The lowest BCUT2D eigenvalue weighted by Crippen LogP contribution is -2.51. The molecule has 1 aromatic carbocycles. The third-order valence-corrected chi connectivity index (χ3v) is 7.01. The van der Waals surface area contributed by atoms with Gasteiger partial charge in [-0.15, -0.1) is 0 Å². The zero-order valence-electron chi connectivity index (χ0n) is 17.3. The molecule has 0 spiro atoms. The van der Waals surface area contributed by atoms with Gasteiger partial charge in [0.1, 0.15) is 29.1 Å². The summed E-state index contributed by atoms with van der Waals surface area (Å²) in [6.45, 7) is 1.73. The summed E-state index contributed by atoms with van der Waals surface area (Å²) in [6, 6.07) is 3.17. The molecule has 3 aliphatic carbocycles. The van der Waals surface area contributed by atoms with E-state index >= 15 is 0 Å². The number of nitrogens with two attached hydrogens (primary N) is 1. The van der Waals surface area contributed by atoms with Gasteiger partial charge >= 0.3 is 0 Å². The number of aliphatic hydroxyl groups excluding tert-OH is 3. The molecule has 0 aliphatic heterocycles. The monoisotopic (exact) mass is 452 g/mol. The second kappa shape index (κ2) is 7.04. The van der Waals surface area contributed by atoms with E-state index in [1.165, 1.54) is 12.5 Å². The molecule has 10 heteroatoms. The van der Waals surface area contributed by atoms with Crippen molar-refractivity contribution < 1.29 is 39.2 Å². The molecular formula is C23H20N2O8. The first kappa shape index (κ1) is 21.0. The number of allylic oxidation sites excluding steroid dienone is 2. The van der Waals surface area contributed by atoms with Crippen LogP contribution in [-0.2, 0) is 9.59 Å². The molecule has 0 fully saturated rings. The number of phenols is 1. The van der Waals surface area contributed by atoms with Crippen molar-refractivity contribution in [2.75, 3.05) is 0 Å². The lowest BCUT2D eigenvalue weighted by molar-refractivity contribution is -0.128. The zero-order chi connectivity index (χ0) is 23.8. The lowest BCUT2D eigenvalue weighted by atomic mass is 9.58. The van der Waals surface area contributed by atoms with Gasteiger partial charge in [0.15, 0.2) is 11.6 Å². The Balaban J connectivity index is 1.70. The first-order chi connectivity index (χ1) is 15.6. The molecule has 0 radical (unpaired) electrons. The molecule has 5 rings (SSSR count). The molecule has 33 heavy (non-hydrogen) atoms. The number of hydrogen-bond donors (Lipinski definition) is 5. The summed E-state index contributed by atoms with van der Waals surface area (Å²) in [4.78, 5) is 42.2. The van der Waals surface area contributed by atoms with Crippen molar-refractivity contribution in [1.82, 2.24) is 4.98 Å². The highest BCUT2D eigenvalue weighted by molar-refractivity contribution is 6.22. The van der Waals surface area contributed by atoms with Crippen molar-refractivity contribution in [2.24, 2.45) is 23.5 Å². The quantitative estimate of drug-likeness (QED) is 0.423. The first-order valence-electron chi connectivity index (χ1n) is 10.3. The fraction of sp³-hybridized carbons (Fsp3) is 0.304. The molecule has 0 bridgehead atoms. The number of ketones is 2. The van der Waals surface area contributed by atoms with Crippen LogP contribution in [0.4, 0.5) is 0 Å². The van der Waals surface area contributed by atoms with Crippen LogP contribution in [0.3, 0.4) is 0 Å². The minimum Gasteiger partial charge on any atom is -0.511 e. The smallest absolute Gasteiger partial charge is 0.255 e. The largest absolute Gasteiger partial charge is 0.511 e. The Morgan fingerprint density at radius 3 is 2.58 bits per heavy atom. The molecule has 5 atom stereocenters. The summed E-state index contributed by atoms with van der Waals surface area (Å²) in [5.41, 5.74) is 4.90. The number of aromatic hydroxyl groups is 1. The Hall–Kier alpha value is -3.92. The van der Waals surface area contributed by atoms with Crippen LogP contribution >= 0.6 is 0 Å². The van der Waals surface area contributed by atoms with E-state index in [1.54, 1.807) is 19.1 Å². The van der Waals surface area contributed by atoms with Gasteiger partial charge in [-0.05, 0) is 17.5 Å². The van der Waals surface area contributed by atoms with E-state index in [-0.39, 0.29) is 29.0 Å². The molecule has 10 nitrogen and oxygen atoms in total. The van der Waals surface area contributed by atoms with E-state index in [1.807, 2.05) is 0 Å². The maximum atomic E-state index is 13.6. The Kier molecular flexibility index (Phi) is 4.47. The third-order valence-electron chi connectivity index (χ3n) is 7.01. The number of carbonyl (C=O) groups is 3. The number of oxazole rings is 1. The van der Waals surface area contributed by atoms with Crippen molar-refractivity contribution in [3.8, 4) is 17.2 Å². The molecule has 1 heterocycles. The van der Waals surface area contributed by atoms with Gasteiger partial charge in [-0.2, -0.15) is 0 Å². The van der Waals surface area contributed by atoms with E-state index in [4.69, 9.17) is 10.2 Å². The highest BCUT2D eigenvalue weighted by atomic mass is 16.3. The van der Waals surface area contributed by atoms with Gasteiger partial charge in [0.05, 0.1) is 29.3 Å². The van der Waals surface area contributed by atoms with Gasteiger partial charge in [-0.25, -0.2) is 4.98 Å². The van der Waals surface area contributed by atoms with Crippen LogP contribution in [0.1, 0.15) is 35.2 Å². The topological polar surface area (TPSA) is 184 Å². The van der Waals surface area contributed by atoms with Gasteiger partial charge < -0.3 is 30.6 Å². The SMILES string of the molecule is C[C@H]1c2ccc(-c3ncco3)c(O)c2C(=O)C2=C(O)C3C(=O)C(C(N)=O)=C(O)CC3C(O)C21. The zero-order valence-corrected chi connectivity index (χ0v) is 17.3. The number of aliphatic hydroxyl groups is 3. The number of rotatable bonds is 2. The van der Waals surface area contributed by atoms with Crippen molar-refractivity contribution in [1.29, 1.82) is 0 Å². The molecular weight excluding hydrogens is 432 g/mol. The number of phenolic OH excluding ortho intramolecular Hbond substituents is 1. The molecule has 170 valence electrons. The van der Waals surface area contributed by atoms with Crippen molar-refractivity contribution in [2.45, 2.75) is 25.4 Å². The number of Topliss-reactive ketones (excluding diaryl/α,β-unsaturated/α-hetero) is 2. The van der Waals surface area contributed by atoms with E-state index in [0.29, 0.717) is 5.56 Å². The Morgan fingerprint density at radius 1 is 1.21 bits per heavy atom. The van der Waals surface area contributed by atoms with Gasteiger partial charge in [-0.1, -0.05) is 13.0 Å². The summed E-state index contributed by atoms with van der Waals surface area (Å²) in [5.74, 6) is -8.10. The molecule has 2 aromatic rings. The van der Waals surface area contributed by atoms with Crippen LogP contribution in [0.25, 0.3) is 11.5 Å². The number of aromatic nitrogens is 1. The molecule has 1 aromatic heterocycles. The number of amides is 1. The van der Waals surface area contributed by atoms with E-state index < -0.39 is 70.1 Å². The standard InChI is InChI=1S/C23H20N2O8/c1-7-8-2-3-9(23-25-4-5-33-23)17(27)13(8)20(30)16-12(7)18(28)10-6-11(26)15(22(24)32)19(29)14(10)21(16)31/h2-5,7,10,12,14,18,26-28,31H,6H2,1H3,(H2,24,32)/t7-,10?,12?,14?,18?/m0/s1. The van der Waals surface area contributed by atoms with Crippen molar-refractivity contribution in [3.05, 3.63) is 58.4 Å². The second-order valence-electron chi connectivity index (χ2n) is 8.59. The van der Waals surface area contributed by atoms with Gasteiger partial charge in [0, 0.05) is 23.8 Å². The van der Waals surface area contributed by atoms with Gasteiger partial charge in [-0.3, -0.25) is 14.4 Å². The summed E-state index contributed by atoms with van der Waals surface area (Å²) in [6.07, 6.45) is 1.15. The van der Waals surface area contributed by atoms with Crippen LogP contribution in [-0.4, -0.2) is 49.0 Å². The first-order valence-corrected chi connectivity index (χ1v) is 10.3. The summed E-state index contributed by atoms with van der Waals surface area (Å²) in [5, 5.41) is 43.4. The Morgan fingerprint density at radius 2 is 1.94 bits per heavy atom. The molecule has 3 aliphatic rings. The minimum atomic E-state index is -1.42. The fourth-order valence-electron chi connectivity index (χ4n) is 5.51. The predicted octanol–water partition coefficient (Wildman–Crippen LogP) is 1.65. The lowest BCUT2D eigenvalue weighted by Gasteiger charge is -2.46. The minimum absolute atomic E-state index is 0.0848. The van der Waals surface area contributed by atoms with Crippen LogP contribution in [0.5, 0.6) is 5.75 Å². The van der Waals surface area contributed by atoms with Crippen molar-refractivity contribution in [3.63, 3.8) is 0 Å². The number of nitrogens with zero attached hydrogens (tertiary/aromatic N) is 1. The van der Waals surface area contributed by atoms with Crippen LogP contribution in [0.15, 0.2) is 51.7 Å². The molecule has 4 unspecified atom stereocenters. The number of benzene rings is 1. The van der Waals surface area contributed by atoms with Gasteiger partial charge in [0.25, 0.3) is 5.91 Å². The second-order valence-corrected chi connectivity index (χ2v) is 8.59. The van der Waals surface area contributed by atoms with Gasteiger partial charge in [0.2, 0.25) is 5.89 Å². The summed E-state index contributed by atoms with van der Waals surface area (Å²) < 4.78 is 5.23. The normalized spacial score (nSPS) is 29.0. The maximum Gasteiger partial charge on any atom is 0.255 e. The van der Waals surface area contributed by atoms with E-state index in [2.05, 4.69) is 4.98 Å². The number of primary amides is 1. The number of carbonyl (C=O) groups excluding carboxylic acids is 3. The molecule has 6 N–H and O–H groups in total. The number of hydrogen-bond acceptors (Lipinski definition) is 9. The molecule has 1 amide bonds. The molecule has 0 saturated carbocycles. The predicted molar refractivity (Wildman–Crippen MR) is 111 cm³/mol.